The maximum atomic E-state index is 6.68. The Morgan fingerprint density at radius 2 is 1.04 bits per heavy atom. The number of unbranched alkanes of at least 4 members (excludes halogenated alkanes) is 1. The number of nitrogen functional groups attached to an aromatic ring is 1. The van der Waals surface area contributed by atoms with Gasteiger partial charge in [0.25, 0.3) is 0 Å². The number of hydrogen-bond acceptors (Lipinski definition) is 18. The Hall–Kier alpha value is -2.18. The summed E-state index contributed by atoms with van der Waals surface area (Å²) in [7, 11) is 1.68. The Labute approximate surface area is 403 Å². The fourth-order valence-corrected chi connectivity index (χ4v) is 9.66. The molecule has 2 fully saturated rings. The van der Waals surface area contributed by atoms with E-state index in [2.05, 4.69) is 27.4 Å². The van der Waals surface area contributed by atoms with Crippen LogP contribution in [0.5, 0.6) is 0 Å². The highest BCUT2D eigenvalue weighted by Gasteiger charge is 2.27. The molecule has 0 atom stereocenters. The van der Waals surface area contributed by atoms with Crippen molar-refractivity contribution in [2.24, 2.45) is 11.7 Å². The highest BCUT2D eigenvalue weighted by molar-refractivity contribution is 7.20. The van der Waals surface area contributed by atoms with E-state index in [0.29, 0.717) is 156 Å². The lowest BCUT2D eigenvalue weighted by molar-refractivity contribution is -0.0234. The Kier molecular flexibility index (Phi) is 29.1. The minimum Gasteiger partial charge on any atom is -0.382 e. The fourth-order valence-electron chi connectivity index (χ4n) is 8.34. The first-order valence-electron chi connectivity index (χ1n) is 25.1. The Morgan fingerprint density at radius 1 is 0.597 bits per heavy atom. The number of pyridine rings is 1. The maximum Gasteiger partial charge on any atom is 0.152 e. The fraction of sp³-hybridized carbons (Fsp3) is 0.833. The molecule has 3 aromatic rings. The van der Waals surface area contributed by atoms with Crippen molar-refractivity contribution >= 4 is 38.4 Å². The maximum absolute atomic E-state index is 6.68. The molecule has 0 saturated carbocycles. The van der Waals surface area contributed by atoms with Crippen molar-refractivity contribution in [1.82, 2.24) is 24.3 Å². The molecule has 5 heterocycles. The second-order valence-electron chi connectivity index (χ2n) is 17.1. The molecule has 0 amide bonds. The van der Waals surface area contributed by atoms with E-state index in [1.807, 2.05) is 11.3 Å². The first kappa shape index (κ1) is 55.7. The van der Waals surface area contributed by atoms with Gasteiger partial charge >= 0.3 is 0 Å². The minimum absolute atomic E-state index is 0.519. The molecule has 3 aromatic heterocycles. The lowest BCUT2D eigenvalue weighted by atomic mass is 9.95. The van der Waals surface area contributed by atoms with Gasteiger partial charge in [0, 0.05) is 44.6 Å². The van der Waals surface area contributed by atoms with Crippen molar-refractivity contribution in [3.63, 3.8) is 0 Å². The van der Waals surface area contributed by atoms with E-state index in [-0.39, 0.29) is 0 Å². The summed E-state index contributed by atoms with van der Waals surface area (Å²) in [4.78, 5) is 16.6. The van der Waals surface area contributed by atoms with Crippen LogP contribution >= 0.6 is 11.3 Å². The van der Waals surface area contributed by atoms with Crippen LogP contribution in [0.1, 0.15) is 62.1 Å². The molecule has 384 valence electrons. The zero-order chi connectivity index (χ0) is 47.0. The molecule has 0 aromatic carbocycles. The summed E-state index contributed by atoms with van der Waals surface area (Å²) >= 11 is 1.92. The number of nitrogens with zero attached hydrogens (tertiary/aromatic N) is 5. The summed E-state index contributed by atoms with van der Waals surface area (Å²) in [6, 6.07) is 2.31. The molecule has 2 saturated heterocycles. The van der Waals surface area contributed by atoms with Gasteiger partial charge in [-0.3, -0.25) is 0 Å². The van der Waals surface area contributed by atoms with E-state index in [0.717, 1.165) is 114 Å². The standard InChI is InChI=1S/C48H85N7O11S/c1-3-4-5-44-52-45-46(47-42(51-48(45)50)38-43(67-47)41-8-13-54(14-9-41)16-19-59-23-26-60-21-20-56-2)55(44)39-40-6-11-53(12-7-40)15-18-58-24-27-62-29-31-64-33-35-66-37-36-65-34-32-63-30-28-61-25-22-57-17-10-49/h38,40-41H,3-37,39,49H2,1-2H3,(H2,50,51). The van der Waals surface area contributed by atoms with E-state index in [9.17, 15) is 0 Å². The number of anilines is 1. The summed E-state index contributed by atoms with van der Waals surface area (Å²) < 4.78 is 64.6. The van der Waals surface area contributed by atoms with Crippen molar-refractivity contribution in [2.75, 3.05) is 197 Å². The third kappa shape index (κ3) is 21.4. The number of piperidine rings is 2. The Bertz CT molecular complexity index is 1690. The predicted molar refractivity (Wildman–Crippen MR) is 263 cm³/mol. The number of thiophene rings is 1. The van der Waals surface area contributed by atoms with Crippen LogP contribution in [0.2, 0.25) is 0 Å². The van der Waals surface area contributed by atoms with Gasteiger partial charge in [-0.25, -0.2) is 9.97 Å². The highest BCUT2D eigenvalue weighted by atomic mass is 32.1. The topological polar surface area (TPSA) is 191 Å². The first-order chi connectivity index (χ1) is 33.1. The molecule has 0 aliphatic carbocycles. The molecule has 4 N–H and O–H groups in total. The van der Waals surface area contributed by atoms with Gasteiger partial charge in [-0.1, -0.05) is 13.3 Å². The molecular formula is C48H85N7O11S. The number of nitrogens with two attached hydrogens (primary N) is 2. The average molecular weight is 968 g/mol. The van der Waals surface area contributed by atoms with Crippen LogP contribution in [-0.4, -0.2) is 216 Å². The van der Waals surface area contributed by atoms with Gasteiger partial charge in [0.2, 0.25) is 0 Å². The summed E-state index contributed by atoms with van der Waals surface area (Å²) in [5.74, 6) is 2.81. The largest absolute Gasteiger partial charge is 0.382 e. The zero-order valence-corrected chi connectivity index (χ0v) is 41.8. The van der Waals surface area contributed by atoms with E-state index in [4.69, 9.17) is 73.5 Å². The van der Waals surface area contributed by atoms with E-state index in [1.165, 1.54) is 15.1 Å². The van der Waals surface area contributed by atoms with E-state index < -0.39 is 0 Å². The van der Waals surface area contributed by atoms with Crippen LogP contribution in [0.4, 0.5) is 5.82 Å². The smallest absolute Gasteiger partial charge is 0.152 e. The molecule has 5 rings (SSSR count). The average Bonchev–Trinajstić information content (AvgIpc) is 3.94. The number of fused-ring (bicyclic) bond motifs is 3. The van der Waals surface area contributed by atoms with Gasteiger partial charge in [-0.2, -0.15) is 0 Å². The van der Waals surface area contributed by atoms with Gasteiger partial charge in [-0.15, -0.1) is 11.3 Å². The van der Waals surface area contributed by atoms with Gasteiger partial charge in [0.05, 0.1) is 154 Å². The van der Waals surface area contributed by atoms with E-state index >= 15 is 0 Å². The number of imidazole rings is 1. The number of aryl methyl sites for hydroxylation is 1. The summed E-state index contributed by atoms with van der Waals surface area (Å²) in [5, 5.41) is 0. The quantitative estimate of drug-likeness (QED) is 0.0768. The Morgan fingerprint density at radius 3 is 1.51 bits per heavy atom. The third-order valence-electron chi connectivity index (χ3n) is 12.1. The lowest BCUT2D eigenvalue weighted by Gasteiger charge is -2.32. The summed E-state index contributed by atoms with van der Waals surface area (Å²) in [6.07, 6.45) is 7.77. The molecule has 0 radical (unpaired) electrons. The lowest BCUT2D eigenvalue weighted by Crippen LogP contribution is -2.37. The number of methoxy groups -OCH3 is 1. The van der Waals surface area contributed by atoms with Gasteiger partial charge in [0.15, 0.2) is 5.82 Å². The summed E-state index contributed by atoms with van der Waals surface area (Å²) in [6.45, 7) is 21.9. The number of ether oxygens (including phenoxy) is 11. The van der Waals surface area contributed by atoms with Crippen LogP contribution in [0.25, 0.3) is 21.3 Å². The Balaban J connectivity index is 0.908. The van der Waals surface area contributed by atoms with Crippen molar-refractivity contribution in [3.05, 3.63) is 16.8 Å². The van der Waals surface area contributed by atoms with Gasteiger partial charge in [0.1, 0.15) is 11.3 Å². The van der Waals surface area contributed by atoms with Crippen LogP contribution in [0.3, 0.4) is 0 Å². The van der Waals surface area contributed by atoms with Crippen LogP contribution in [0.15, 0.2) is 6.07 Å². The minimum atomic E-state index is 0.519. The van der Waals surface area contributed by atoms with Crippen molar-refractivity contribution in [2.45, 2.75) is 64.3 Å². The third-order valence-corrected chi connectivity index (χ3v) is 13.4. The van der Waals surface area contributed by atoms with Crippen LogP contribution in [0, 0.1) is 5.92 Å². The molecule has 0 unspecified atom stereocenters. The molecular weight excluding hydrogens is 883 g/mol. The molecule has 0 bridgehead atoms. The number of rotatable bonds is 41. The molecule has 19 heteroatoms. The number of hydrogen-bond donors (Lipinski definition) is 2. The van der Waals surface area contributed by atoms with Crippen LogP contribution < -0.4 is 11.5 Å². The second kappa shape index (κ2) is 35.0. The van der Waals surface area contributed by atoms with Crippen molar-refractivity contribution in [3.8, 4) is 0 Å². The van der Waals surface area contributed by atoms with Gasteiger partial charge in [-0.05, 0) is 76.2 Å². The monoisotopic (exact) mass is 968 g/mol. The van der Waals surface area contributed by atoms with Crippen LogP contribution in [-0.2, 0) is 65.1 Å². The second-order valence-corrected chi connectivity index (χ2v) is 18.2. The van der Waals surface area contributed by atoms with Crippen molar-refractivity contribution in [1.29, 1.82) is 0 Å². The summed E-state index contributed by atoms with van der Waals surface area (Å²) in [5.41, 5.74) is 15.1. The molecule has 67 heavy (non-hydrogen) atoms. The SMILES string of the molecule is CCCCc1nc2c(N)nc3cc(C4CCN(CCOCCOCCOC)CC4)sc3c2n1CC1CCN(CCOCCOCCOCCOCCOCCOCCOCCOCCN)CC1. The number of likely N-dealkylation sites (tertiary alicyclic amines) is 2. The zero-order valence-electron chi connectivity index (χ0n) is 41.0. The van der Waals surface area contributed by atoms with E-state index in [1.54, 1.807) is 7.11 Å². The normalized spacial score (nSPS) is 15.9. The molecule has 18 nitrogen and oxygen atoms in total. The number of aromatic nitrogens is 3. The molecule has 2 aliphatic rings. The van der Waals surface area contributed by atoms with Gasteiger partial charge < -0.3 is 77.9 Å². The molecule has 0 spiro atoms. The molecule has 2 aliphatic heterocycles. The highest BCUT2D eigenvalue weighted by Crippen LogP contribution is 2.40. The first-order valence-corrected chi connectivity index (χ1v) is 25.9. The predicted octanol–water partition coefficient (Wildman–Crippen LogP) is 4.23. The van der Waals surface area contributed by atoms with Crippen molar-refractivity contribution < 1.29 is 52.1 Å².